The summed E-state index contributed by atoms with van der Waals surface area (Å²) in [5.41, 5.74) is 1.26. The molecule has 1 aromatic rings. The third-order valence-electron chi connectivity index (χ3n) is 2.69. The molecule has 0 saturated heterocycles. The van der Waals surface area contributed by atoms with Crippen LogP contribution in [0.25, 0.3) is 0 Å². The monoisotopic (exact) mass is 253 g/mol. The molecule has 1 aromatic heterocycles. The standard InChI is InChI=1S/C13H23N3S/c1-5-8-14-12-11(7-3)13(16-9-15-12)17-10(4)6-2/h9-10H,5-8H2,1-4H3,(H,14,15,16). The first-order chi connectivity index (χ1) is 8.22. The van der Waals surface area contributed by atoms with Crippen molar-refractivity contribution in [2.45, 2.75) is 57.2 Å². The number of hydrogen-bond acceptors (Lipinski definition) is 4. The van der Waals surface area contributed by atoms with E-state index in [4.69, 9.17) is 0 Å². The molecule has 17 heavy (non-hydrogen) atoms. The summed E-state index contributed by atoms with van der Waals surface area (Å²) < 4.78 is 0. The number of nitrogens with zero attached hydrogens (tertiary/aromatic N) is 2. The molecule has 0 spiro atoms. The lowest BCUT2D eigenvalue weighted by Gasteiger charge is -2.14. The van der Waals surface area contributed by atoms with Gasteiger partial charge in [0.25, 0.3) is 0 Å². The second-order valence-corrected chi connectivity index (χ2v) is 5.55. The maximum atomic E-state index is 4.42. The lowest BCUT2D eigenvalue weighted by atomic mass is 10.2. The molecule has 3 nitrogen and oxygen atoms in total. The molecule has 1 unspecified atom stereocenters. The Kier molecular flexibility index (Phi) is 6.34. The van der Waals surface area contributed by atoms with Crippen LogP contribution in [0, 0.1) is 0 Å². The highest BCUT2D eigenvalue weighted by Crippen LogP contribution is 2.29. The molecule has 0 aromatic carbocycles. The highest BCUT2D eigenvalue weighted by Gasteiger charge is 2.12. The van der Waals surface area contributed by atoms with Gasteiger partial charge in [0.1, 0.15) is 17.2 Å². The summed E-state index contributed by atoms with van der Waals surface area (Å²) in [7, 11) is 0. The topological polar surface area (TPSA) is 37.8 Å². The Morgan fingerprint density at radius 1 is 1.29 bits per heavy atom. The second-order valence-electron chi connectivity index (χ2n) is 4.12. The summed E-state index contributed by atoms with van der Waals surface area (Å²) in [5, 5.41) is 5.12. The lowest BCUT2D eigenvalue weighted by molar-refractivity contribution is 0.881. The van der Waals surface area contributed by atoms with E-state index in [1.807, 2.05) is 11.8 Å². The molecule has 0 aliphatic heterocycles. The number of rotatable bonds is 7. The summed E-state index contributed by atoms with van der Waals surface area (Å²) in [6, 6.07) is 0. The van der Waals surface area contributed by atoms with Crippen molar-refractivity contribution in [2.24, 2.45) is 0 Å². The Morgan fingerprint density at radius 2 is 2.06 bits per heavy atom. The van der Waals surface area contributed by atoms with E-state index in [0.29, 0.717) is 5.25 Å². The molecule has 0 saturated carbocycles. The zero-order valence-electron chi connectivity index (χ0n) is 11.3. The summed E-state index contributed by atoms with van der Waals surface area (Å²) in [6.07, 6.45) is 4.92. The van der Waals surface area contributed by atoms with Crippen molar-refractivity contribution in [1.82, 2.24) is 9.97 Å². The van der Waals surface area contributed by atoms with Crippen LogP contribution >= 0.6 is 11.8 Å². The second kappa shape index (κ2) is 7.54. The van der Waals surface area contributed by atoms with Crippen LogP contribution in [0.1, 0.15) is 46.1 Å². The minimum atomic E-state index is 0.606. The van der Waals surface area contributed by atoms with Crippen molar-refractivity contribution in [3.63, 3.8) is 0 Å². The molecule has 1 heterocycles. The fourth-order valence-electron chi connectivity index (χ4n) is 1.49. The van der Waals surface area contributed by atoms with E-state index in [0.717, 1.165) is 36.7 Å². The van der Waals surface area contributed by atoms with E-state index < -0.39 is 0 Å². The molecular weight excluding hydrogens is 230 g/mol. The van der Waals surface area contributed by atoms with Gasteiger partial charge in [-0.1, -0.05) is 27.7 Å². The molecule has 0 bridgehead atoms. The van der Waals surface area contributed by atoms with Crippen LogP contribution in [0.3, 0.4) is 0 Å². The quantitative estimate of drug-likeness (QED) is 0.593. The lowest BCUT2D eigenvalue weighted by Crippen LogP contribution is -2.08. The van der Waals surface area contributed by atoms with Gasteiger partial charge in [-0.15, -0.1) is 11.8 Å². The van der Waals surface area contributed by atoms with Gasteiger partial charge >= 0.3 is 0 Å². The van der Waals surface area contributed by atoms with E-state index in [1.165, 1.54) is 5.56 Å². The number of aromatic nitrogens is 2. The molecule has 0 aliphatic rings. The number of thioether (sulfide) groups is 1. The van der Waals surface area contributed by atoms with Gasteiger partial charge in [-0.3, -0.25) is 0 Å². The number of hydrogen-bond donors (Lipinski definition) is 1. The number of anilines is 1. The molecule has 0 radical (unpaired) electrons. The predicted octanol–water partition coefficient (Wildman–Crippen LogP) is 3.75. The first-order valence-electron chi connectivity index (χ1n) is 6.47. The van der Waals surface area contributed by atoms with Gasteiger partial charge in [0.15, 0.2) is 0 Å². The summed E-state index contributed by atoms with van der Waals surface area (Å²) in [4.78, 5) is 8.76. The van der Waals surface area contributed by atoms with E-state index in [1.54, 1.807) is 6.33 Å². The van der Waals surface area contributed by atoms with Gasteiger partial charge in [0.2, 0.25) is 0 Å². The fraction of sp³-hybridized carbons (Fsp3) is 0.692. The maximum absolute atomic E-state index is 4.42. The minimum absolute atomic E-state index is 0.606. The fourth-order valence-corrected chi connectivity index (χ4v) is 2.53. The molecule has 0 amide bonds. The molecule has 1 N–H and O–H groups in total. The summed E-state index contributed by atoms with van der Waals surface area (Å²) in [5.74, 6) is 1.01. The van der Waals surface area contributed by atoms with Crippen LogP contribution in [0.5, 0.6) is 0 Å². The first-order valence-corrected chi connectivity index (χ1v) is 7.35. The molecule has 1 rings (SSSR count). The third kappa shape index (κ3) is 4.19. The van der Waals surface area contributed by atoms with E-state index in [-0.39, 0.29) is 0 Å². The third-order valence-corrected chi connectivity index (χ3v) is 4.00. The summed E-state index contributed by atoms with van der Waals surface area (Å²) in [6.45, 7) is 9.74. The van der Waals surface area contributed by atoms with Crippen LogP contribution < -0.4 is 5.32 Å². The molecule has 1 atom stereocenters. The van der Waals surface area contributed by atoms with Gasteiger partial charge in [0, 0.05) is 17.4 Å². The Morgan fingerprint density at radius 3 is 2.65 bits per heavy atom. The van der Waals surface area contributed by atoms with Crippen molar-refractivity contribution in [3.05, 3.63) is 11.9 Å². The normalized spacial score (nSPS) is 12.5. The van der Waals surface area contributed by atoms with Gasteiger partial charge < -0.3 is 5.32 Å². The number of nitrogens with one attached hydrogen (secondary N) is 1. The largest absolute Gasteiger partial charge is 0.370 e. The van der Waals surface area contributed by atoms with Crippen LogP contribution in [-0.2, 0) is 6.42 Å². The van der Waals surface area contributed by atoms with Gasteiger partial charge in [-0.2, -0.15) is 0 Å². The van der Waals surface area contributed by atoms with E-state index in [9.17, 15) is 0 Å². The zero-order chi connectivity index (χ0) is 12.7. The Balaban J connectivity index is 2.88. The van der Waals surface area contributed by atoms with Crippen LogP contribution in [0.4, 0.5) is 5.82 Å². The Labute approximate surface area is 109 Å². The molecule has 0 fully saturated rings. The van der Waals surface area contributed by atoms with E-state index >= 15 is 0 Å². The van der Waals surface area contributed by atoms with Crippen molar-refractivity contribution >= 4 is 17.6 Å². The van der Waals surface area contributed by atoms with Crippen molar-refractivity contribution in [3.8, 4) is 0 Å². The van der Waals surface area contributed by atoms with Crippen molar-refractivity contribution in [1.29, 1.82) is 0 Å². The van der Waals surface area contributed by atoms with Gasteiger partial charge in [-0.25, -0.2) is 9.97 Å². The average Bonchev–Trinajstić information content (AvgIpc) is 2.36. The van der Waals surface area contributed by atoms with Crippen LogP contribution in [0.2, 0.25) is 0 Å². The maximum Gasteiger partial charge on any atom is 0.133 e. The Bertz CT molecular complexity index is 341. The summed E-state index contributed by atoms with van der Waals surface area (Å²) >= 11 is 1.85. The average molecular weight is 253 g/mol. The highest BCUT2D eigenvalue weighted by atomic mass is 32.2. The van der Waals surface area contributed by atoms with Crippen LogP contribution in [0.15, 0.2) is 11.4 Å². The minimum Gasteiger partial charge on any atom is -0.370 e. The smallest absolute Gasteiger partial charge is 0.133 e. The van der Waals surface area contributed by atoms with Gasteiger partial charge in [-0.05, 0) is 19.3 Å². The SMILES string of the molecule is CCCNc1ncnc(SC(C)CC)c1CC. The first kappa shape index (κ1) is 14.3. The zero-order valence-corrected chi connectivity index (χ0v) is 12.1. The Hall–Kier alpha value is -0.770. The molecule has 4 heteroatoms. The molecular formula is C13H23N3S. The highest BCUT2D eigenvalue weighted by molar-refractivity contribution is 7.99. The van der Waals surface area contributed by atoms with E-state index in [2.05, 4.69) is 43.0 Å². The van der Waals surface area contributed by atoms with Crippen molar-refractivity contribution in [2.75, 3.05) is 11.9 Å². The van der Waals surface area contributed by atoms with Crippen LogP contribution in [-0.4, -0.2) is 21.8 Å². The van der Waals surface area contributed by atoms with Gasteiger partial charge in [0.05, 0.1) is 0 Å². The molecule has 96 valence electrons. The predicted molar refractivity (Wildman–Crippen MR) is 75.8 cm³/mol. The molecule has 0 aliphatic carbocycles. The van der Waals surface area contributed by atoms with Crippen molar-refractivity contribution < 1.29 is 0 Å².